The van der Waals surface area contributed by atoms with Gasteiger partial charge in [0.15, 0.2) is 0 Å². The predicted octanol–water partition coefficient (Wildman–Crippen LogP) is 4.07. The van der Waals surface area contributed by atoms with Crippen LogP contribution in [0.3, 0.4) is 0 Å². The van der Waals surface area contributed by atoms with Crippen molar-refractivity contribution in [1.29, 1.82) is 0 Å². The first-order valence-corrected chi connectivity index (χ1v) is 9.73. The van der Waals surface area contributed by atoms with Gasteiger partial charge in [0.25, 0.3) is 5.56 Å². The number of benzene rings is 2. The third-order valence-electron chi connectivity index (χ3n) is 5.04. The minimum absolute atomic E-state index is 0.292. The predicted molar refractivity (Wildman–Crippen MR) is 116 cm³/mol. The van der Waals surface area contributed by atoms with E-state index in [0.717, 1.165) is 37.1 Å². The molecule has 2 heterocycles. The molecular formula is C22H20BrN3O2. The van der Waals surface area contributed by atoms with Crippen LogP contribution in [0.2, 0.25) is 0 Å². The zero-order chi connectivity index (χ0) is 20.2. The van der Waals surface area contributed by atoms with Gasteiger partial charge in [-0.05, 0) is 54.8 Å². The van der Waals surface area contributed by atoms with Gasteiger partial charge in [-0.15, -0.1) is 0 Å². The molecule has 0 aliphatic heterocycles. The number of aromatic nitrogens is 3. The fraction of sp³-hybridized carbons (Fsp3) is 0.182. The highest BCUT2D eigenvalue weighted by Gasteiger charge is 2.20. The second-order valence-electron chi connectivity index (χ2n) is 7.17. The minimum atomic E-state index is -0.336. The summed E-state index contributed by atoms with van der Waals surface area (Å²) >= 11 is 3.47. The lowest BCUT2D eigenvalue weighted by molar-refractivity contribution is 0.714. The van der Waals surface area contributed by atoms with Crippen LogP contribution in [-0.2, 0) is 14.1 Å². The van der Waals surface area contributed by atoms with Gasteiger partial charge in [-0.2, -0.15) is 0 Å². The standard InChI is InChI=1S/C22H20BrN3O2/c1-13-9-14(2)11-17(10-13)26-12-18-19(21(27)25(4)22(28)24(18)3)20(26)15-5-7-16(23)8-6-15/h5-12H,1-4H3. The Balaban J connectivity index is 2.21. The minimum Gasteiger partial charge on any atom is -0.314 e. The molecule has 0 bridgehead atoms. The average Bonchev–Trinajstić information content (AvgIpc) is 3.05. The topological polar surface area (TPSA) is 48.9 Å². The summed E-state index contributed by atoms with van der Waals surface area (Å²) in [7, 11) is 3.21. The molecule has 0 fully saturated rings. The normalized spacial score (nSPS) is 11.3. The Morgan fingerprint density at radius 2 is 1.46 bits per heavy atom. The number of hydrogen-bond acceptors (Lipinski definition) is 2. The van der Waals surface area contributed by atoms with Crippen LogP contribution in [0.5, 0.6) is 0 Å². The number of rotatable bonds is 2. The van der Waals surface area contributed by atoms with E-state index < -0.39 is 0 Å². The smallest absolute Gasteiger partial charge is 0.314 e. The van der Waals surface area contributed by atoms with Crippen molar-refractivity contribution in [3.8, 4) is 16.9 Å². The maximum atomic E-state index is 13.1. The summed E-state index contributed by atoms with van der Waals surface area (Å²) in [5, 5.41) is 0.533. The van der Waals surface area contributed by atoms with E-state index in [1.165, 1.54) is 11.6 Å². The summed E-state index contributed by atoms with van der Waals surface area (Å²) in [6.07, 6.45) is 1.88. The quantitative estimate of drug-likeness (QED) is 0.474. The Morgan fingerprint density at radius 1 is 0.857 bits per heavy atom. The largest absolute Gasteiger partial charge is 0.330 e. The van der Waals surface area contributed by atoms with Crippen LogP contribution in [0.25, 0.3) is 27.8 Å². The fourth-order valence-corrected chi connectivity index (χ4v) is 3.99. The summed E-state index contributed by atoms with van der Waals surface area (Å²) < 4.78 is 5.66. The lowest BCUT2D eigenvalue weighted by Gasteiger charge is -2.12. The molecule has 5 nitrogen and oxygen atoms in total. The van der Waals surface area contributed by atoms with Gasteiger partial charge in [0.1, 0.15) is 0 Å². The van der Waals surface area contributed by atoms with Crippen LogP contribution >= 0.6 is 15.9 Å². The molecule has 0 atom stereocenters. The Morgan fingerprint density at radius 3 is 2.07 bits per heavy atom. The molecule has 4 aromatic rings. The molecule has 28 heavy (non-hydrogen) atoms. The van der Waals surface area contributed by atoms with Crippen LogP contribution in [0.4, 0.5) is 0 Å². The lowest BCUT2D eigenvalue weighted by Crippen LogP contribution is -2.36. The van der Waals surface area contributed by atoms with Crippen molar-refractivity contribution in [2.75, 3.05) is 0 Å². The average molecular weight is 438 g/mol. The van der Waals surface area contributed by atoms with E-state index in [4.69, 9.17) is 0 Å². The Labute approximate surface area is 170 Å². The first-order chi connectivity index (χ1) is 13.3. The monoisotopic (exact) mass is 437 g/mol. The number of halogens is 1. The van der Waals surface area contributed by atoms with Crippen LogP contribution in [-0.4, -0.2) is 13.7 Å². The molecule has 6 heteroatoms. The molecular weight excluding hydrogens is 418 g/mol. The Bertz CT molecular complexity index is 1320. The van der Waals surface area contributed by atoms with Crippen molar-refractivity contribution in [1.82, 2.24) is 13.7 Å². The van der Waals surface area contributed by atoms with Gasteiger partial charge in [-0.1, -0.05) is 34.1 Å². The summed E-state index contributed by atoms with van der Waals surface area (Å²) in [6.45, 7) is 4.10. The zero-order valence-corrected chi connectivity index (χ0v) is 17.7. The highest BCUT2D eigenvalue weighted by atomic mass is 79.9. The van der Waals surface area contributed by atoms with Gasteiger partial charge in [-0.25, -0.2) is 4.79 Å². The molecule has 0 radical (unpaired) electrons. The van der Waals surface area contributed by atoms with E-state index in [1.807, 2.05) is 48.9 Å². The first kappa shape index (κ1) is 18.5. The Kier molecular flexibility index (Phi) is 4.38. The zero-order valence-electron chi connectivity index (χ0n) is 16.2. The summed E-state index contributed by atoms with van der Waals surface area (Å²) in [6, 6.07) is 14.1. The third kappa shape index (κ3) is 2.85. The molecule has 0 saturated carbocycles. The van der Waals surface area contributed by atoms with Gasteiger partial charge in [0.05, 0.1) is 16.6 Å². The second kappa shape index (κ2) is 6.63. The van der Waals surface area contributed by atoms with E-state index in [2.05, 4.69) is 34.1 Å². The third-order valence-corrected chi connectivity index (χ3v) is 5.57. The van der Waals surface area contributed by atoms with Crippen LogP contribution in [0.1, 0.15) is 11.1 Å². The van der Waals surface area contributed by atoms with Gasteiger partial charge < -0.3 is 4.57 Å². The molecule has 142 valence electrons. The van der Waals surface area contributed by atoms with Gasteiger partial charge >= 0.3 is 5.69 Å². The summed E-state index contributed by atoms with van der Waals surface area (Å²) in [5.74, 6) is 0. The second-order valence-corrected chi connectivity index (χ2v) is 8.08. The number of aryl methyl sites for hydroxylation is 3. The van der Waals surface area contributed by atoms with Crippen molar-refractivity contribution in [2.24, 2.45) is 14.1 Å². The SMILES string of the molecule is Cc1cc(C)cc(-n2cc3c(c2-c2ccc(Br)cc2)c(=O)n(C)c(=O)n3C)c1. The molecule has 4 rings (SSSR count). The van der Waals surface area contributed by atoms with Crippen LogP contribution in [0, 0.1) is 13.8 Å². The van der Waals surface area contributed by atoms with E-state index >= 15 is 0 Å². The first-order valence-electron chi connectivity index (χ1n) is 8.93. The van der Waals surface area contributed by atoms with Crippen LogP contribution in [0.15, 0.2) is 62.7 Å². The van der Waals surface area contributed by atoms with Crippen molar-refractivity contribution in [3.05, 3.63) is 85.1 Å². The van der Waals surface area contributed by atoms with E-state index in [1.54, 1.807) is 7.05 Å². The summed E-state index contributed by atoms with van der Waals surface area (Å²) in [4.78, 5) is 25.5. The molecule has 0 saturated heterocycles. The maximum Gasteiger partial charge on any atom is 0.330 e. The van der Waals surface area contributed by atoms with Crippen molar-refractivity contribution in [2.45, 2.75) is 13.8 Å². The maximum absolute atomic E-state index is 13.1. The van der Waals surface area contributed by atoms with Crippen molar-refractivity contribution >= 4 is 26.8 Å². The highest BCUT2D eigenvalue weighted by Crippen LogP contribution is 2.32. The van der Waals surface area contributed by atoms with Gasteiger partial charge in [0, 0.05) is 30.5 Å². The van der Waals surface area contributed by atoms with Crippen molar-refractivity contribution in [3.63, 3.8) is 0 Å². The van der Waals surface area contributed by atoms with E-state index in [9.17, 15) is 9.59 Å². The van der Waals surface area contributed by atoms with Crippen LogP contribution < -0.4 is 11.2 Å². The fourth-order valence-electron chi connectivity index (χ4n) is 3.73. The number of hydrogen-bond donors (Lipinski definition) is 0. The molecule has 0 spiro atoms. The molecule has 2 aromatic heterocycles. The lowest BCUT2D eigenvalue weighted by atomic mass is 10.1. The highest BCUT2D eigenvalue weighted by molar-refractivity contribution is 9.10. The molecule has 0 aliphatic rings. The van der Waals surface area contributed by atoms with E-state index in [0.29, 0.717) is 10.9 Å². The van der Waals surface area contributed by atoms with E-state index in [-0.39, 0.29) is 11.2 Å². The summed E-state index contributed by atoms with van der Waals surface area (Å²) in [5.41, 5.74) is 4.91. The molecule has 0 aliphatic carbocycles. The Hall–Kier alpha value is -2.86. The molecule has 0 N–H and O–H groups in total. The van der Waals surface area contributed by atoms with Gasteiger partial charge in [-0.3, -0.25) is 13.9 Å². The van der Waals surface area contributed by atoms with Gasteiger partial charge in [0.2, 0.25) is 0 Å². The number of fused-ring (bicyclic) bond motifs is 1. The van der Waals surface area contributed by atoms with Crippen molar-refractivity contribution < 1.29 is 0 Å². The molecule has 2 aromatic carbocycles. The number of nitrogens with zero attached hydrogens (tertiary/aromatic N) is 3. The molecule has 0 unspecified atom stereocenters. The molecule has 0 amide bonds.